The Balaban J connectivity index is 1.80. The molecule has 4 nitrogen and oxygen atoms in total. The van der Waals surface area contributed by atoms with E-state index in [1.54, 1.807) is 6.07 Å². The quantitative estimate of drug-likeness (QED) is 0.833. The maximum atomic E-state index is 12.5. The number of carboxylic acid groups (broad SMARTS) is 1. The molecule has 0 saturated heterocycles. The summed E-state index contributed by atoms with van der Waals surface area (Å²) < 4.78 is 0. The largest absolute Gasteiger partial charge is 0.479 e. The lowest BCUT2D eigenvalue weighted by molar-refractivity contribution is -0.142. The molecule has 1 saturated carbocycles. The van der Waals surface area contributed by atoms with Gasteiger partial charge in [-0.2, -0.15) is 0 Å². The molecule has 1 aliphatic rings. The Morgan fingerprint density at radius 3 is 2.29 bits per heavy atom. The Labute approximate surface area is 141 Å². The monoisotopic (exact) mass is 325 g/mol. The van der Waals surface area contributed by atoms with Crippen molar-refractivity contribution in [3.05, 3.63) is 48.0 Å². The molecule has 2 aromatic rings. The summed E-state index contributed by atoms with van der Waals surface area (Å²) >= 11 is 0. The third-order valence-electron chi connectivity index (χ3n) is 4.87. The number of benzene rings is 2. The first-order valence-electron chi connectivity index (χ1n) is 8.67. The van der Waals surface area contributed by atoms with Crippen LogP contribution in [0, 0.1) is 5.92 Å². The molecular formula is C20H23NO3. The lowest BCUT2D eigenvalue weighted by atomic mass is 9.97. The van der Waals surface area contributed by atoms with Crippen molar-refractivity contribution in [2.45, 2.75) is 44.6 Å². The van der Waals surface area contributed by atoms with Gasteiger partial charge in [0.1, 0.15) is 0 Å². The molecule has 0 aliphatic heterocycles. The molecule has 0 radical (unpaired) electrons. The second kappa shape index (κ2) is 7.47. The van der Waals surface area contributed by atoms with Gasteiger partial charge in [-0.3, -0.25) is 4.79 Å². The fourth-order valence-corrected chi connectivity index (χ4v) is 3.48. The number of hydrogen-bond acceptors (Lipinski definition) is 2. The van der Waals surface area contributed by atoms with Crippen LogP contribution in [0.5, 0.6) is 0 Å². The van der Waals surface area contributed by atoms with E-state index < -0.39 is 12.0 Å². The van der Waals surface area contributed by atoms with Crippen LogP contribution in [-0.2, 0) is 9.59 Å². The van der Waals surface area contributed by atoms with Crippen molar-refractivity contribution in [1.82, 2.24) is 5.32 Å². The smallest absolute Gasteiger partial charge is 0.330 e. The van der Waals surface area contributed by atoms with Crippen molar-refractivity contribution < 1.29 is 14.7 Å². The van der Waals surface area contributed by atoms with Crippen LogP contribution in [0.1, 0.15) is 50.1 Å². The van der Waals surface area contributed by atoms with Gasteiger partial charge in [0.05, 0.1) is 0 Å². The molecule has 1 amide bonds. The third-order valence-corrected chi connectivity index (χ3v) is 4.87. The number of carboxylic acids is 1. The van der Waals surface area contributed by atoms with Crippen LogP contribution in [0.4, 0.5) is 0 Å². The summed E-state index contributed by atoms with van der Waals surface area (Å²) in [6, 6.07) is 12.3. The maximum Gasteiger partial charge on any atom is 0.330 e. The van der Waals surface area contributed by atoms with E-state index in [9.17, 15) is 14.7 Å². The zero-order valence-electron chi connectivity index (χ0n) is 13.7. The lowest BCUT2D eigenvalue weighted by Crippen LogP contribution is -2.37. The molecule has 1 fully saturated rings. The van der Waals surface area contributed by atoms with Gasteiger partial charge >= 0.3 is 5.97 Å². The molecule has 1 aliphatic carbocycles. The summed E-state index contributed by atoms with van der Waals surface area (Å²) in [4.78, 5) is 24.2. The van der Waals surface area contributed by atoms with Crippen LogP contribution in [0.2, 0.25) is 0 Å². The van der Waals surface area contributed by atoms with E-state index in [1.807, 2.05) is 36.4 Å². The molecule has 24 heavy (non-hydrogen) atoms. The molecule has 126 valence electrons. The van der Waals surface area contributed by atoms with Gasteiger partial charge in [0.2, 0.25) is 5.91 Å². The highest BCUT2D eigenvalue weighted by molar-refractivity contribution is 5.88. The average Bonchev–Trinajstić information content (AvgIpc) is 2.88. The summed E-state index contributed by atoms with van der Waals surface area (Å²) in [6.07, 6.45) is 6.14. The topological polar surface area (TPSA) is 66.4 Å². The second-order valence-electron chi connectivity index (χ2n) is 6.57. The molecule has 0 heterocycles. The minimum atomic E-state index is -1.02. The summed E-state index contributed by atoms with van der Waals surface area (Å²) in [6.45, 7) is 0. The normalized spacial score (nSPS) is 17.2. The van der Waals surface area contributed by atoms with Gasteiger partial charge in [-0.05, 0) is 35.2 Å². The van der Waals surface area contributed by atoms with E-state index in [2.05, 4.69) is 5.32 Å². The van der Waals surface area contributed by atoms with Crippen molar-refractivity contribution in [3.8, 4) is 0 Å². The summed E-state index contributed by atoms with van der Waals surface area (Å²) in [7, 11) is 0. The highest BCUT2D eigenvalue weighted by Crippen LogP contribution is 2.25. The van der Waals surface area contributed by atoms with Gasteiger partial charge in [-0.1, -0.05) is 62.1 Å². The van der Waals surface area contributed by atoms with Gasteiger partial charge in [0.15, 0.2) is 6.04 Å². The van der Waals surface area contributed by atoms with Gasteiger partial charge in [-0.25, -0.2) is 4.79 Å². The summed E-state index contributed by atoms with van der Waals surface area (Å²) in [5, 5.41) is 14.4. The average molecular weight is 325 g/mol. The fourth-order valence-electron chi connectivity index (χ4n) is 3.48. The molecule has 0 bridgehead atoms. The summed E-state index contributed by atoms with van der Waals surface area (Å²) in [5.41, 5.74) is 0.614. The Hall–Kier alpha value is -2.36. The lowest BCUT2D eigenvalue weighted by Gasteiger charge is -2.20. The van der Waals surface area contributed by atoms with Crippen molar-refractivity contribution in [2.75, 3.05) is 0 Å². The van der Waals surface area contributed by atoms with E-state index in [-0.39, 0.29) is 11.8 Å². The minimum absolute atomic E-state index is 0.0604. The Morgan fingerprint density at radius 2 is 1.62 bits per heavy atom. The van der Waals surface area contributed by atoms with E-state index in [0.29, 0.717) is 5.56 Å². The van der Waals surface area contributed by atoms with Crippen LogP contribution in [0.25, 0.3) is 10.8 Å². The number of aliphatic carboxylic acids is 1. The first kappa shape index (κ1) is 16.5. The van der Waals surface area contributed by atoms with E-state index in [0.717, 1.165) is 49.3 Å². The number of amides is 1. The first-order valence-corrected chi connectivity index (χ1v) is 8.67. The number of carbonyl (C=O) groups excluding carboxylic acids is 1. The Bertz CT molecular complexity index is 732. The predicted molar refractivity (Wildman–Crippen MR) is 93.7 cm³/mol. The number of rotatable bonds is 4. The molecule has 1 atom stereocenters. The van der Waals surface area contributed by atoms with Crippen LogP contribution in [0.15, 0.2) is 42.5 Å². The van der Waals surface area contributed by atoms with Gasteiger partial charge < -0.3 is 10.4 Å². The number of nitrogens with one attached hydrogen (secondary N) is 1. The fraction of sp³-hybridized carbons (Fsp3) is 0.400. The van der Waals surface area contributed by atoms with Crippen molar-refractivity contribution in [1.29, 1.82) is 0 Å². The first-order chi connectivity index (χ1) is 11.6. The Morgan fingerprint density at radius 1 is 0.958 bits per heavy atom. The number of carbonyl (C=O) groups is 2. The van der Waals surface area contributed by atoms with E-state index in [4.69, 9.17) is 0 Å². The molecule has 3 rings (SSSR count). The number of fused-ring (bicyclic) bond motifs is 1. The highest BCUT2D eigenvalue weighted by Gasteiger charge is 2.27. The SMILES string of the molecule is O=C(NC(C(=O)O)c1ccc2ccccc2c1)C1CCCCCC1. The number of hydrogen-bond donors (Lipinski definition) is 2. The third kappa shape index (κ3) is 3.75. The minimum Gasteiger partial charge on any atom is -0.479 e. The van der Waals surface area contributed by atoms with E-state index >= 15 is 0 Å². The molecule has 1 unspecified atom stereocenters. The second-order valence-corrected chi connectivity index (χ2v) is 6.57. The zero-order chi connectivity index (χ0) is 16.9. The van der Waals surface area contributed by atoms with Crippen LogP contribution in [0.3, 0.4) is 0 Å². The molecule has 2 N–H and O–H groups in total. The van der Waals surface area contributed by atoms with Gasteiger partial charge in [-0.15, -0.1) is 0 Å². The van der Waals surface area contributed by atoms with Crippen molar-refractivity contribution in [2.24, 2.45) is 5.92 Å². The molecular weight excluding hydrogens is 302 g/mol. The molecule has 2 aromatic carbocycles. The molecule has 4 heteroatoms. The summed E-state index contributed by atoms with van der Waals surface area (Å²) in [5.74, 6) is -1.21. The zero-order valence-corrected chi connectivity index (χ0v) is 13.7. The molecule has 0 spiro atoms. The van der Waals surface area contributed by atoms with Crippen LogP contribution in [-0.4, -0.2) is 17.0 Å². The van der Waals surface area contributed by atoms with Crippen molar-refractivity contribution >= 4 is 22.6 Å². The van der Waals surface area contributed by atoms with Gasteiger partial charge in [0, 0.05) is 5.92 Å². The van der Waals surface area contributed by atoms with Crippen molar-refractivity contribution in [3.63, 3.8) is 0 Å². The maximum absolute atomic E-state index is 12.5. The highest BCUT2D eigenvalue weighted by atomic mass is 16.4. The predicted octanol–water partition coefficient (Wildman–Crippen LogP) is 4.05. The van der Waals surface area contributed by atoms with Crippen LogP contribution < -0.4 is 5.32 Å². The van der Waals surface area contributed by atoms with Crippen LogP contribution >= 0.6 is 0 Å². The Kier molecular flexibility index (Phi) is 5.14. The van der Waals surface area contributed by atoms with E-state index in [1.165, 1.54) is 0 Å². The molecule has 0 aromatic heterocycles. The van der Waals surface area contributed by atoms with Gasteiger partial charge in [0.25, 0.3) is 0 Å². The standard InChI is InChI=1S/C20H23NO3/c22-19(15-8-3-1-2-4-9-15)21-18(20(23)24)17-12-11-14-7-5-6-10-16(14)13-17/h5-7,10-13,15,18H,1-4,8-9H2,(H,21,22)(H,23,24).